The van der Waals surface area contributed by atoms with Gasteiger partial charge >= 0.3 is 10.1 Å². The summed E-state index contributed by atoms with van der Waals surface area (Å²) in [5.41, 5.74) is 0.832. The van der Waals surface area contributed by atoms with Gasteiger partial charge in [0, 0.05) is 0 Å². The van der Waals surface area contributed by atoms with Crippen LogP contribution in [0.15, 0.2) is 15.7 Å². The van der Waals surface area contributed by atoms with Crippen LogP contribution in [-0.2, 0) is 20.7 Å². The second-order valence-corrected chi connectivity index (χ2v) is 5.17. The Labute approximate surface area is 82.5 Å². The number of hydrogen-bond donors (Lipinski definition) is 0. The lowest BCUT2D eigenvalue weighted by atomic mass is 10.3. The molecule has 1 rings (SSSR count). The Morgan fingerprint density at radius 1 is 1.46 bits per heavy atom. The Kier molecular flexibility index (Phi) is 3.47. The summed E-state index contributed by atoms with van der Waals surface area (Å²) in [6.07, 6.45) is 0.713. The molecule has 0 radical (unpaired) electrons. The van der Waals surface area contributed by atoms with Crippen molar-refractivity contribution in [1.29, 1.82) is 0 Å². The van der Waals surface area contributed by atoms with Gasteiger partial charge in [0.05, 0.1) is 6.61 Å². The lowest BCUT2D eigenvalue weighted by Gasteiger charge is -2.02. The molecule has 0 aliphatic rings. The van der Waals surface area contributed by atoms with Gasteiger partial charge in [-0.1, -0.05) is 6.92 Å². The van der Waals surface area contributed by atoms with Crippen molar-refractivity contribution in [3.8, 4) is 0 Å². The largest absolute Gasteiger partial charge is 0.306 e. The van der Waals surface area contributed by atoms with E-state index in [-0.39, 0.29) is 6.61 Å². The summed E-state index contributed by atoms with van der Waals surface area (Å²) >= 11 is 1.21. The Morgan fingerprint density at radius 3 is 2.69 bits per heavy atom. The monoisotopic (exact) mass is 220 g/mol. The van der Waals surface area contributed by atoms with Crippen molar-refractivity contribution in [3.63, 3.8) is 0 Å². The minimum atomic E-state index is -3.49. The van der Waals surface area contributed by atoms with Crippen LogP contribution in [0.2, 0.25) is 0 Å². The van der Waals surface area contributed by atoms with Crippen molar-refractivity contribution in [2.45, 2.75) is 24.5 Å². The molecule has 0 fully saturated rings. The smallest absolute Gasteiger partial charge is 0.266 e. The normalized spacial score (nSPS) is 11.8. The van der Waals surface area contributed by atoms with Crippen LogP contribution in [0.4, 0.5) is 0 Å². The van der Waals surface area contributed by atoms with Crippen molar-refractivity contribution >= 4 is 21.5 Å². The van der Waals surface area contributed by atoms with Gasteiger partial charge in [0.15, 0.2) is 0 Å². The first-order valence-electron chi connectivity index (χ1n) is 4.07. The fraction of sp³-hybridized carbons (Fsp3) is 0.500. The van der Waals surface area contributed by atoms with Gasteiger partial charge in [-0.2, -0.15) is 8.42 Å². The molecule has 0 unspecified atom stereocenters. The van der Waals surface area contributed by atoms with Crippen molar-refractivity contribution in [3.05, 3.63) is 17.0 Å². The van der Waals surface area contributed by atoms with Gasteiger partial charge in [-0.3, -0.25) is 4.18 Å². The van der Waals surface area contributed by atoms with Gasteiger partial charge < -0.3 is 0 Å². The summed E-state index contributed by atoms with van der Waals surface area (Å²) in [4.78, 5) is 0. The zero-order valence-corrected chi connectivity index (χ0v) is 9.24. The first-order chi connectivity index (χ1) is 6.11. The number of thiophene rings is 1. The van der Waals surface area contributed by atoms with Gasteiger partial charge in [0.1, 0.15) is 4.21 Å². The second kappa shape index (κ2) is 4.21. The van der Waals surface area contributed by atoms with E-state index >= 15 is 0 Å². The van der Waals surface area contributed by atoms with E-state index in [0.29, 0.717) is 10.6 Å². The molecule has 0 atom stereocenters. The minimum Gasteiger partial charge on any atom is -0.266 e. The van der Waals surface area contributed by atoms with E-state index < -0.39 is 10.1 Å². The van der Waals surface area contributed by atoms with Crippen LogP contribution >= 0.6 is 11.3 Å². The summed E-state index contributed by atoms with van der Waals surface area (Å²) in [5, 5.41) is 1.77. The molecule has 1 heterocycles. The van der Waals surface area contributed by atoms with Gasteiger partial charge in [0.25, 0.3) is 0 Å². The van der Waals surface area contributed by atoms with Crippen molar-refractivity contribution < 1.29 is 12.6 Å². The van der Waals surface area contributed by atoms with E-state index in [0.717, 1.165) is 5.56 Å². The number of aryl methyl sites for hydroxylation is 1. The third-order valence-electron chi connectivity index (χ3n) is 1.59. The van der Waals surface area contributed by atoms with E-state index in [9.17, 15) is 8.42 Å². The Balaban J connectivity index is 3.07. The highest BCUT2D eigenvalue weighted by molar-refractivity contribution is 7.89. The molecule has 5 heteroatoms. The van der Waals surface area contributed by atoms with Crippen LogP contribution in [-0.4, -0.2) is 15.0 Å². The predicted molar refractivity (Wildman–Crippen MR) is 52.5 cm³/mol. The van der Waals surface area contributed by atoms with Crippen LogP contribution < -0.4 is 0 Å². The molecule has 0 aliphatic carbocycles. The molecular weight excluding hydrogens is 208 g/mol. The molecule has 0 bridgehead atoms. The lowest BCUT2D eigenvalue weighted by molar-refractivity contribution is 0.339. The van der Waals surface area contributed by atoms with E-state index in [4.69, 9.17) is 4.18 Å². The molecule has 1 aromatic heterocycles. The van der Waals surface area contributed by atoms with Crippen molar-refractivity contribution in [1.82, 2.24) is 0 Å². The maximum Gasteiger partial charge on any atom is 0.306 e. The summed E-state index contributed by atoms with van der Waals surface area (Å²) in [7, 11) is -3.49. The molecule has 0 N–H and O–H groups in total. The zero-order chi connectivity index (χ0) is 9.90. The van der Waals surface area contributed by atoms with Crippen LogP contribution in [0, 0.1) is 0 Å². The summed E-state index contributed by atoms with van der Waals surface area (Å²) < 4.78 is 28.0. The molecule has 0 aromatic carbocycles. The molecule has 0 amide bonds. The fourth-order valence-electron chi connectivity index (χ4n) is 1.01. The van der Waals surface area contributed by atoms with Crippen LogP contribution in [0.1, 0.15) is 19.4 Å². The molecule has 1 aromatic rings. The lowest BCUT2D eigenvalue weighted by Crippen LogP contribution is -2.05. The summed E-state index contributed by atoms with van der Waals surface area (Å²) in [6.45, 7) is 3.77. The van der Waals surface area contributed by atoms with Gasteiger partial charge in [-0.05, 0) is 30.4 Å². The molecule has 74 valence electrons. The van der Waals surface area contributed by atoms with E-state index in [1.807, 2.05) is 13.0 Å². The first-order valence-corrected chi connectivity index (χ1v) is 6.36. The minimum absolute atomic E-state index is 0.184. The fourth-order valence-corrected chi connectivity index (χ4v) is 3.46. The molecule has 0 saturated heterocycles. The quantitative estimate of drug-likeness (QED) is 0.729. The maximum atomic E-state index is 11.5. The van der Waals surface area contributed by atoms with Crippen molar-refractivity contribution in [2.24, 2.45) is 0 Å². The van der Waals surface area contributed by atoms with Crippen molar-refractivity contribution in [2.75, 3.05) is 6.61 Å². The third kappa shape index (κ3) is 2.30. The first kappa shape index (κ1) is 10.7. The standard InChI is InChI=1S/C8H12O3S2/c1-3-7-5-6-12-8(7)13(9,10)11-4-2/h5-6H,3-4H2,1-2H3. The highest BCUT2D eigenvalue weighted by atomic mass is 32.3. The summed E-state index contributed by atoms with van der Waals surface area (Å²) in [5.74, 6) is 0. The highest BCUT2D eigenvalue weighted by Gasteiger charge is 2.19. The number of rotatable bonds is 4. The molecule has 0 saturated carbocycles. The average Bonchev–Trinajstić information content (AvgIpc) is 2.51. The molecular formula is C8H12O3S2. The van der Waals surface area contributed by atoms with Crippen LogP contribution in [0.25, 0.3) is 0 Å². The van der Waals surface area contributed by atoms with E-state index in [1.165, 1.54) is 11.3 Å². The Bertz CT molecular complexity index is 364. The van der Waals surface area contributed by atoms with E-state index in [1.54, 1.807) is 12.3 Å². The predicted octanol–water partition coefficient (Wildman–Crippen LogP) is 2.04. The topological polar surface area (TPSA) is 43.4 Å². The molecule has 13 heavy (non-hydrogen) atoms. The number of hydrogen-bond acceptors (Lipinski definition) is 4. The van der Waals surface area contributed by atoms with Gasteiger partial charge in [-0.15, -0.1) is 11.3 Å². The Morgan fingerprint density at radius 2 is 2.15 bits per heavy atom. The zero-order valence-electron chi connectivity index (χ0n) is 7.61. The highest BCUT2D eigenvalue weighted by Crippen LogP contribution is 2.24. The second-order valence-electron chi connectivity index (χ2n) is 2.45. The summed E-state index contributed by atoms with van der Waals surface area (Å²) in [6, 6.07) is 1.82. The van der Waals surface area contributed by atoms with Crippen LogP contribution in [0.5, 0.6) is 0 Å². The maximum absolute atomic E-state index is 11.5. The third-order valence-corrected chi connectivity index (χ3v) is 4.50. The Hall–Kier alpha value is -0.390. The molecule has 3 nitrogen and oxygen atoms in total. The molecule has 0 spiro atoms. The van der Waals surface area contributed by atoms with E-state index in [2.05, 4.69) is 0 Å². The average molecular weight is 220 g/mol. The molecule has 0 aliphatic heterocycles. The van der Waals surface area contributed by atoms with Crippen LogP contribution in [0.3, 0.4) is 0 Å². The SMILES string of the molecule is CCOS(=O)(=O)c1sccc1CC. The van der Waals surface area contributed by atoms with Gasteiger partial charge in [0.2, 0.25) is 0 Å². The van der Waals surface area contributed by atoms with Gasteiger partial charge in [-0.25, -0.2) is 0 Å².